The maximum absolute atomic E-state index is 11.8. The Bertz CT molecular complexity index is 724. The fourth-order valence-corrected chi connectivity index (χ4v) is 2.29. The van der Waals surface area contributed by atoms with Crippen molar-refractivity contribution in [3.63, 3.8) is 0 Å². The second kappa shape index (κ2) is 5.39. The van der Waals surface area contributed by atoms with E-state index in [-0.39, 0.29) is 17.1 Å². The first kappa shape index (κ1) is 14.2. The molecule has 0 spiro atoms. The second-order valence-electron chi connectivity index (χ2n) is 4.15. The van der Waals surface area contributed by atoms with E-state index in [0.29, 0.717) is 5.56 Å². The maximum Gasteiger partial charge on any atom is 0.243 e. The predicted molar refractivity (Wildman–Crippen MR) is 71.2 cm³/mol. The third-order valence-corrected chi connectivity index (χ3v) is 3.36. The van der Waals surface area contributed by atoms with E-state index in [1.54, 1.807) is 24.5 Å². The molecule has 0 atom stereocenters. The van der Waals surface area contributed by atoms with Crippen molar-refractivity contribution in [2.45, 2.75) is 11.3 Å². The van der Waals surface area contributed by atoms with Gasteiger partial charge in [-0.3, -0.25) is 14.5 Å². The molecule has 8 nitrogen and oxygen atoms in total. The van der Waals surface area contributed by atoms with Crippen molar-refractivity contribution < 1.29 is 13.2 Å². The summed E-state index contributed by atoms with van der Waals surface area (Å²) in [7, 11) is -2.41. The number of amides is 1. The van der Waals surface area contributed by atoms with Gasteiger partial charge < -0.3 is 5.32 Å². The number of primary sulfonamides is 1. The lowest BCUT2D eigenvalue weighted by molar-refractivity contribution is -0.115. The van der Waals surface area contributed by atoms with Gasteiger partial charge in [0.05, 0.1) is 6.42 Å². The summed E-state index contributed by atoms with van der Waals surface area (Å²) in [6.45, 7) is 0. The Kier molecular flexibility index (Phi) is 3.81. The standard InChI is InChI=1S/C11H13N5O3S/c1-16-7-9(20(12,18)19)11(15-16)14-10(17)5-8-3-2-4-13-6-8/h2-4,6-7H,5H2,1H3,(H2,12,18,19)(H,14,15,17). The number of hydrogen-bond donors (Lipinski definition) is 2. The number of hydrogen-bond acceptors (Lipinski definition) is 5. The van der Waals surface area contributed by atoms with Crippen LogP contribution >= 0.6 is 0 Å². The molecule has 20 heavy (non-hydrogen) atoms. The van der Waals surface area contributed by atoms with E-state index in [1.165, 1.54) is 17.9 Å². The van der Waals surface area contributed by atoms with E-state index in [9.17, 15) is 13.2 Å². The molecular formula is C11H13N5O3S. The van der Waals surface area contributed by atoms with Crippen LogP contribution in [0.5, 0.6) is 0 Å². The summed E-state index contributed by atoms with van der Waals surface area (Å²) in [5, 5.41) is 11.4. The van der Waals surface area contributed by atoms with Crippen molar-refractivity contribution in [2.24, 2.45) is 12.2 Å². The Morgan fingerprint density at radius 1 is 1.50 bits per heavy atom. The predicted octanol–water partition coefficient (Wildman–Crippen LogP) is -0.356. The minimum absolute atomic E-state index is 0.0640. The van der Waals surface area contributed by atoms with Crippen LogP contribution in [0.4, 0.5) is 5.82 Å². The van der Waals surface area contributed by atoms with Crippen LogP contribution in [0.3, 0.4) is 0 Å². The number of sulfonamides is 1. The van der Waals surface area contributed by atoms with Crippen molar-refractivity contribution in [1.29, 1.82) is 0 Å². The highest BCUT2D eigenvalue weighted by Crippen LogP contribution is 2.17. The molecule has 0 aromatic carbocycles. The van der Waals surface area contributed by atoms with Gasteiger partial charge in [0.1, 0.15) is 4.90 Å². The van der Waals surface area contributed by atoms with Crippen LogP contribution in [0.15, 0.2) is 35.6 Å². The van der Waals surface area contributed by atoms with E-state index in [2.05, 4.69) is 15.4 Å². The second-order valence-corrected chi connectivity index (χ2v) is 5.68. The number of anilines is 1. The minimum atomic E-state index is -3.94. The van der Waals surface area contributed by atoms with Gasteiger partial charge in [-0.1, -0.05) is 6.07 Å². The molecule has 3 N–H and O–H groups in total. The molecule has 2 aromatic heterocycles. The van der Waals surface area contributed by atoms with Crippen LogP contribution in [-0.4, -0.2) is 29.1 Å². The molecule has 2 heterocycles. The molecule has 9 heteroatoms. The first-order valence-electron chi connectivity index (χ1n) is 5.61. The van der Waals surface area contributed by atoms with Gasteiger partial charge in [-0.25, -0.2) is 13.6 Å². The topological polar surface area (TPSA) is 120 Å². The average Bonchev–Trinajstić information content (AvgIpc) is 2.71. The van der Waals surface area contributed by atoms with E-state index >= 15 is 0 Å². The smallest absolute Gasteiger partial charge is 0.243 e. The van der Waals surface area contributed by atoms with Gasteiger partial charge in [0.15, 0.2) is 5.82 Å². The lowest BCUT2D eigenvalue weighted by Gasteiger charge is -2.03. The molecule has 0 aliphatic heterocycles. The molecule has 106 valence electrons. The molecule has 0 saturated heterocycles. The molecule has 0 radical (unpaired) electrons. The molecule has 0 saturated carbocycles. The maximum atomic E-state index is 11.8. The Balaban J connectivity index is 2.17. The van der Waals surface area contributed by atoms with Gasteiger partial charge in [0.2, 0.25) is 15.9 Å². The van der Waals surface area contributed by atoms with Crippen molar-refractivity contribution in [3.8, 4) is 0 Å². The molecule has 0 aliphatic rings. The number of pyridine rings is 1. The molecule has 0 unspecified atom stereocenters. The summed E-state index contributed by atoms with van der Waals surface area (Å²) in [5.74, 6) is -0.481. The fourth-order valence-electron chi connectivity index (χ4n) is 1.63. The summed E-state index contributed by atoms with van der Waals surface area (Å²) in [5.41, 5.74) is 0.707. The van der Waals surface area contributed by atoms with E-state index < -0.39 is 15.9 Å². The first-order chi connectivity index (χ1) is 9.36. The quantitative estimate of drug-likeness (QED) is 0.798. The molecule has 0 bridgehead atoms. The monoisotopic (exact) mass is 295 g/mol. The summed E-state index contributed by atoms with van der Waals surface area (Å²) in [4.78, 5) is 15.5. The van der Waals surface area contributed by atoms with Gasteiger partial charge >= 0.3 is 0 Å². The number of carbonyl (C=O) groups excluding carboxylic acids is 1. The van der Waals surface area contributed by atoms with Crippen LogP contribution in [0.2, 0.25) is 0 Å². The third-order valence-electron chi connectivity index (χ3n) is 2.45. The van der Waals surface area contributed by atoms with Crippen molar-refractivity contribution in [3.05, 3.63) is 36.3 Å². The number of nitrogens with zero attached hydrogens (tertiary/aromatic N) is 3. The fraction of sp³-hybridized carbons (Fsp3) is 0.182. The molecule has 2 aromatic rings. The summed E-state index contributed by atoms with van der Waals surface area (Å²) < 4.78 is 24.0. The number of aryl methyl sites for hydroxylation is 1. The summed E-state index contributed by atoms with van der Waals surface area (Å²) in [6, 6.07) is 3.45. The zero-order valence-electron chi connectivity index (χ0n) is 10.6. The van der Waals surface area contributed by atoms with Crippen LogP contribution in [0, 0.1) is 0 Å². The SMILES string of the molecule is Cn1cc(S(N)(=O)=O)c(NC(=O)Cc2cccnc2)n1. The highest BCUT2D eigenvalue weighted by Gasteiger charge is 2.19. The van der Waals surface area contributed by atoms with Gasteiger partial charge in [-0.2, -0.15) is 5.10 Å². The van der Waals surface area contributed by atoms with Gasteiger partial charge in [0, 0.05) is 25.6 Å². The average molecular weight is 295 g/mol. The van der Waals surface area contributed by atoms with Gasteiger partial charge in [0.25, 0.3) is 0 Å². The third kappa shape index (κ3) is 3.39. The number of rotatable bonds is 4. The molecule has 0 aliphatic carbocycles. The van der Waals surface area contributed by atoms with E-state index in [0.717, 1.165) is 0 Å². The molecule has 1 amide bonds. The Morgan fingerprint density at radius 3 is 2.85 bits per heavy atom. The zero-order valence-corrected chi connectivity index (χ0v) is 11.5. The lowest BCUT2D eigenvalue weighted by Crippen LogP contribution is -2.19. The number of nitrogens with two attached hydrogens (primary N) is 1. The normalized spacial score (nSPS) is 11.3. The Hall–Kier alpha value is -2.26. The van der Waals surface area contributed by atoms with Crippen molar-refractivity contribution >= 4 is 21.7 Å². The molecule has 2 rings (SSSR count). The Labute approximate surface area is 115 Å². The first-order valence-corrected chi connectivity index (χ1v) is 7.16. The van der Waals surface area contributed by atoms with Crippen LogP contribution in [0.1, 0.15) is 5.56 Å². The summed E-state index contributed by atoms with van der Waals surface area (Å²) in [6.07, 6.45) is 4.45. The lowest BCUT2D eigenvalue weighted by atomic mass is 10.2. The minimum Gasteiger partial charge on any atom is -0.308 e. The number of carbonyl (C=O) groups is 1. The number of nitrogens with one attached hydrogen (secondary N) is 1. The van der Waals surface area contributed by atoms with E-state index in [4.69, 9.17) is 5.14 Å². The molecule has 0 fully saturated rings. The highest BCUT2D eigenvalue weighted by molar-refractivity contribution is 7.89. The number of aromatic nitrogens is 3. The van der Waals surface area contributed by atoms with Crippen LogP contribution < -0.4 is 10.5 Å². The van der Waals surface area contributed by atoms with Crippen molar-refractivity contribution in [2.75, 3.05) is 5.32 Å². The molecular weight excluding hydrogens is 282 g/mol. The van der Waals surface area contributed by atoms with Gasteiger partial charge in [-0.15, -0.1) is 0 Å². The van der Waals surface area contributed by atoms with Crippen LogP contribution in [0.25, 0.3) is 0 Å². The van der Waals surface area contributed by atoms with Crippen molar-refractivity contribution in [1.82, 2.24) is 14.8 Å². The zero-order chi connectivity index (χ0) is 14.8. The highest BCUT2D eigenvalue weighted by atomic mass is 32.2. The van der Waals surface area contributed by atoms with Gasteiger partial charge in [-0.05, 0) is 11.6 Å². The van der Waals surface area contributed by atoms with Crippen LogP contribution in [-0.2, 0) is 28.3 Å². The van der Waals surface area contributed by atoms with E-state index in [1.807, 2.05) is 0 Å². The largest absolute Gasteiger partial charge is 0.308 e. The summed E-state index contributed by atoms with van der Waals surface area (Å²) >= 11 is 0. The Morgan fingerprint density at radius 2 is 2.25 bits per heavy atom.